The van der Waals surface area contributed by atoms with E-state index in [9.17, 15) is 13.2 Å². The number of carboxylic acids is 1. The first-order valence-electron chi connectivity index (χ1n) is 6.39. The molecule has 21 heavy (non-hydrogen) atoms. The second-order valence-corrected chi connectivity index (χ2v) is 6.60. The zero-order chi connectivity index (χ0) is 15.6. The fourth-order valence-electron chi connectivity index (χ4n) is 2.22. The third-order valence-corrected chi connectivity index (χ3v) is 5.32. The minimum atomic E-state index is -3.76. The molecule has 0 saturated carbocycles. The molecule has 0 radical (unpaired) electrons. The van der Waals surface area contributed by atoms with Crippen LogP contribution in [0.4, 0.5) is 0 Å². The maximum atomic E-state index is 12.6. The summed E-state index contributed by atoms with van der Waals surface area (Å²) in [6.07, 6.45) is 0. The van der Waals surface area contributed by atoms with Gasteiger partial charge in [0.1, 0.15) is 11.3 Å². The second kappa shape index (κ2) is 6.00. The molecule has 1 atom stereocenters. The summed E-state index contributed by atoms with van der Waals surface area (Å²) in [6.45, 7) is 2.64. The highest BCUT2D eigenvalue weighted by Crippen LogP contribution is 2.26. The highest BCUT2D eigenvalue weighted by Gasteiger charge is 2.32. The Morgan fingerprint density at radius 3 is 2.76 bits per heavy atom. The molecule has 8 heteroatoms. The number of hydrogen-bond acceptors (Lipinski definition) is 5. The highest BCUT2D eigenvalue weighted by molar-refractivity contribution is 7.89. The molecule has 1 aromatic rings. The van der Waals surface area contributed by atoms with Crippen LogP contribution in [-0.2, 0) is 14.8 Å². The third kappa shape index (κ3) is 3.02. The number of methoxy groups -OCH3 is 1. The molecule has 1 aliphatic rings. The molecular formula is C13H17NO6S. The largest absolute Gasteiger partial charge is 0.496 e. The van der Waals surface area contributed by atoms with Crippen LogP contribution < -0.4 is 4.74 Å². The van der Waals surface area contributed by atoms with Gasteiger partial charge in [-0.05, 0) is 25.1 Å². The maximum Gasteiger partial charge on any atom is 0.339 e. The van der Waals surface area contributed by atoms with Crippen LogP contribution >= 0.6 is 0 Å². The minimum Gasteiger partial charge on any atom is -0.496 e. The van der Waals surface area contributed by atoms with E-state index in [0.29, 0.717) is 13.2 Å². The number of nitrogens with zero attached hydrogens (tertiary/aromatic N) is 1. The number of ether oxygens (including phenoxy) is 2. The zero-order valence-corrected chi connectivity index (χ0v) is 12.6. The number of sulfonamides is 1. The lowest BCUT2D eigenvalue weighted by atomic mass is 10.2. The number of benzene rings is 1. The Kier molecular flexibility index (Phi) is 4.50. The van der Waals surface area contributed by atoms with E-state index in [0.717, 1.165) is 6.07 Å². The lowest BCUT2D eigenvalue weighted by Crippen LogP contribution is -2.46. The summed E-state index contributed by atoms with van der Waals surface area (Å²) in [4.78, 5) is 11.1. The molecule has 0 bridgehead atoms. The molecule has 1 aliphatic heterocycles. The number of morpholine rings is 1. The van der Waals surface area contributed by atoms with Gasteiger partial charge in [-0.15, -0.1) is 0 Å². The van der Waals surface area contributed by atoms with E-state index in [1.54, 1.807) is 6.92 Å². The summed E-state index contributed by atoms with van der Waals surface area (Å²) in [7, 11) is -2.42. The van der Waals surface area contributed by atoms with Crippen molar-refractivity contribution >= 4 is 16.0 Å². The van der Waals surface area contributed by atoms with Gasteiger partial charge in [-0.25, -0.2) is 13.2 Å². The van der Waals surface area contributed by atoms with Crippen LogP contribution in [0.2, 0.25) is 0 Å². The number of hydrogen-bond donors (Lipinski definition) is 1. The Morgan fingerprint density at radius 2 is 2.19 bits per heavy atom. The first kappa shape index (κ1) is 15.7. The Balaban J connectivity index is 2.45. The summed E-state index contributed by atoms with van der Waals surface area (Å²) in [5.41, 5.74) is -0.181. The summed E-state index contributed by atoms with van der Waals surface area (Å²) in [5, 5.41) is 9.14. The first-order valence-corrected chi connectivity index (χ1v) is 7.83. The molecule has 0 aromatic heterocycles. The molecule has 0 aliphatic carbocycles. The van der Waals surface area contributed by atoms with Gasteiger partial charge in [-0.3, -0.25) is 0 Å². The number of carbonyl (C=O) groups is 1. The number of rotatable bonds is 4. The molecule has 1 saturated heterocycles. The van der Waals surface area contributed by atoms with Crippen molar-refractivity contribution < 1.29 is 27.8 Å². The van der Waals surface area contributed by atoms with Gasteiger partial charge in [0.25, 0.3) is 0 Å². The molecule has 1 unspecified atom stereocenters. The summed E-state index contributed by atoms with van der Waals surface area (Å²) in [6, 6.07) is 3.53. The zero-order valence-electron chi connectivity index (χ0n) is 11.8. The van der Waals surface area contributed by atoms with Gasteiger partial charge < -0.3 is 14.6 Å². The van der Waals surface area contributed by atoms with Crippen LogP contribution in [0.5, 0.6) is 5.75 Å². The molecule has 116 valence electrons. The predicted molar refractivity (Wildman–Crippen MR) is 74.1 cm³/mol. The van der Waals surface area contributed by atoms with Gasteiger partial charge >= 0.3 is 5.97 Å². The predicted octanol–water partition coefficient (Wildman–Crippen LogP) is 0.803. The van der Waals surface area contributed by atoms with E-state index in [1.807, 2.05) is 0 Å². The van der Waals surface area contributed by atoms with Gasteiger partial charge in [-0.2, -0.15) is 4.31 Å². The molecule has 0 spiro atoms. The maximum absolute atomic E-state index is 12.6. The van der Waals surface area contributed by atoms with E-state index >= 15 is 0 Å². The lowest BCUT2D eigenvalue weighted by molar-refractivity contribution is 0.0392. The molecule has 7 nitrogen and oxygen atoms in total. The number of carboxylic acid groups (broad SMARTS) is 1. The van der Waals surface area contributed by atoms with Gasteiger partial charge in [0.2, 0.25) is 10.0 Å². The van der Waals surface area contributed by atoms with E-state index in [4.69, 9.17) is 14.6 Å². The van der Waals surface area contributed by atoms with E-state index in [2.05, 4.69) is 0 Å². The van der Waals surface area contributed by atoms with Crippen molar-refractivity contribution in [3.8, 4) is 5.75 Å². The van der Waals surface area contributed by atoms with Crippen molar-refractivity contribution in [2.75, 3.05) is 26.9 Å². The number of aromatic carboxylic acids is 1. The van der Waals surface area contributed by atoms with Crippen LogP contribution in [0.1, 0.15) is 17.3 Å². The van der Waals surface area contributed by atoms with E-state index in [-0.39, 0.29) is 28.8 Å². The first-order chi connectivity index (χ1) is 9.87. The topological polar surface area (TPSA) is 93.1 Å². The van der Waals surface area contributed by atoms with Crippen molar-refractivity contribution in [3.05, 3.63) is 23.8 Å². The third-order valence-electron chi connectivity index (χ3n) is 3.31. The fraction of sp³-hybridized carbons (Fsp3) is 0.462. The normalized spacial score (nSPS) is 20.2. The van der Waals surface area contributed by atoms with Crippen LogP contribution in [0, 0.1) is 0 Å². The average molecular weight is 315 g/mol. The molecule has 2 rings (SSSR count). The van der Waals surface area contributed by atoms with Crippen LogP contribution in [0.15, 0.2) is 23.1 Å². The van der Waals surface area contributed by atoms with Crippen LogP contribution in [0.25, 0.3) is 0 Å². The molecule has 1 N–H and O–H groups in total. The second-order valence-electron chi connectivity index (χ2n) is 4.71. The monoisotopic (exact) mass is 315 g/mol. The standard InChI is InChI=1S/C13H17NO6S/c1-9-8-20-6-5-14(9)21(17,18)10-3-4-12(19-2)11(7-10)13(15)16/h3-4,7,9H,5-6,8H2,1-2H3,(H,15,16). The van der Waals surface area contributed by atoms with Gasteiger partial charge in [0, 0.05) is 12.6 Å². The van der Waals surface area contributed by atoms with Crippen LogP contribution in [-0.4, -0.2) is 56.7 Å². The Morgan fingerprint density at radius 1 is 1.48 bits per heavy atom. The summed E-state index contributed by atoms with van der Waals surface area (Å²) >= 11 is 0. The molecular weight excluding hydrogens is 298 g/mol. The van der Waals surface area contributed by atoms with Crippen molar-refractivity contribution in [1.82, 2.24) is 4.31 Å². The van der Waals surface area contributed by atoms with Crippen LogP contribution in [0.3, 0.4) is 0 Å². The SMILES string of the molecule is COc1ccc(S(=O)(=O)N2CCOCC2C)cc1C(=O)O. The van der Waals surface area contributed by atoms with Crippen molar-refractivity contribution in [2.45, 2.75) is 17.9 Å². The van der Waals surface area contributed by atoms with Gasteiger partial charge in [0.15, 0.2) is 0 Å². The molecule has 1 fully saturated rings. The van der Waals surface area contributed by atoms with Crippen molar-refractivity contribution in [3.63, 3.8) is 0 Å². The van der Waals surface area contributed by atoms with Gasteiger partial charge in [0.05, 0.1) is 25.2 Å². The van der Waals surface area contributed by atoms with E-state index < -0.39 is 16.0 Å². The Hall–Kier alpha value is -1.64. The molecule has 0 amide bonds. The smallest absolute Gasteiger partial charge is 0.339 e. The summed E-state index contributed by atoms with van der Waals surface area (Å²) in [5.74, 6) is -1.12. The quantitative estimate of drug-likeness (QED) is 0.883. The Labute approximate surface area is 123 Å². The van der Waals surface area contributed by atoms with Crippen molar-refractivity contribution in [1.29, 1.82) is 0 Å². The van der Waals surface area contributed by atoms with Gasteiger partial charge in [-0.1, -0.05) is 0 Å². The summed E-state index contributed by atoms with van der Waals surface area (Å²) < 4.78 is 36.7. The Bertz CT molecular complexity index is 642. The minimum absolute atomic E-state index is 0.0607. The molecule has 1 heterocycles. The fourth-order valence-corrected chi connectivity index (χ4v) is 3.85. The average Bonchev–Trinajstić information content (AvgIpc) is 2.46. The lowest BCUT2D eigenvalue weighted by Gasteiger charge is -2.32. The van der Waals surface area contributed by atoms with Crippen molar-refractivity contribution in [2.24, 2.45) is 0 Å². The highest BCUT2D eigenvalue weighted by atomic mass is 32.2. The molecule has 1 aromatic carbocycles. The van der Waals surface area contributed by atoms with E-state index in [1.165, 1.54) is 23.5 Å².